The molecule has 4 heteroatoms. The molecular formula is C6H7CaNO2. The molecule has 1 heterocycles. The number of aromatic nitrogens is 1. The summed E-state index contributed by atoms with van der Waals surface area (Å²) in [5.41, 5.74) is 0.269. The van der Waals surface area contributed by atoms with Gasteiger partial charge in [-0.2, -0.15) is 0 Å². The zero-order valence-corrected chi connectivity index (χ0v) is 7.53. The van der Waals surface area contributed by atoms with E-state index >= 15 is 0 Å². The summed E-state index contributed by atoms with van der Waals surface area (Å²) in [5, 5.41) is 8.36. The first-order chi connectivity index (χ1) is 4.30. The standard InChI is InChI=1S/C6H5NO2.Ca.2H/c8-6(9)5-1-3-7-4-2-5;;;/h1-4H,(H,8,9);;;/q;+2;2*-1. The molecule has 1 aromatic rings. The van der Waals surface area contributed by atoms with E-state index in [0.29, 0.717) is 0 Å². The van der Waals surface area contributed by atoms with Crippen molar-refractivity contribution in [3.05, 3.63) is 30.1 Å². The maximum Gasteiger partial charge on any atom is 2.00 e. The van der Waals surface area contributed by atoms with E-state index in [4.69, 9.17) is 5.11 Å². The molecular weight excluding hydrogens is 158 g/mol. The Balaban J connectivity index is -0.000000270. The molecule has 0 fully saturated rings. The minimum absolute atomic E-state index is 0. The van der Waals surface area contributed by atoms with Crippen molar-refractivity contribution in [1.82, 2.24) is 4.98 Å². The molecule has 0 saturated heterocycles. The summed E-state index contributed by atoms with van der Waals surface area (Å²) in [6, 6.07) is 2.89. The van der Waals surface area contributed by atoms with E-state index in [1.54, 1.807) is 0 Å². The second-order valence-electron chi connectivity index (χ2n) is 1.54. The van der Waals surface area contributed by atoms with Crippen LogP contribution in [0, 0.1) is 0 Å². The summed E-state index contributed by atoms with van der Waals surface area (Å²) in [6.07, 6.45) is 2.90. The fraction of sp³-hybridized carbons (Fsp3) is 0. The maximum absolute atomic E-state index is 10.2. The molecule has 0 amide bonds. The van der Waals surface area contributed by atoms with Crippen molar-refractivity contribution in [2.24, 2.45) is 0 Å². The van der Waals surface area contributed by atoms with Crippen LogP contribution in [0.5, 0.6) is 0 Å². The second-order valence-corrected chi connectivity index (χ2v) is 1.54. The summed E-state index contributed by atoms with van der Waals surface area (Å²) in [5.74, 6) is -0.919. The fourth-order valence-corrected chi connectivity index (χ4v) is 0.494. The smallest absolute Gasteiger partial charge is 1.00 e. The molecule has 0 aliphatic rings. The maximum atomic E-state index is 10.2. The van der Waals surface area contributed by atoms with Crippen molar-refractivity contribution in [2.75, 3.05) is 0 Å². The number of hydrogen-bond donors (Lipinski definition) is 1. The molecule has 0 atom stereocenters. The molecule has 1 rings (SSSR count). The van der Waals surface area contributed by atoms with E-state index in [2.05, 4.69) is 4.98 Å². The molecule has 1 N–H and O–H groups in total. The Hall–Kier alpha value is -0.120. The first kappa shape index (κ1) is 9.88. The van der Waals surface area contributed by atoms with E-state index in [0.717, 1.165) is 0 Å². The van der Waals surface area contributed by atoms with Crippen LogP contribution in [0.2, 0.25) is 0 Å². The van der Waals surface area contributed by atoms with Crippen LogP contribution in [0.25, 0.3) is 0 Å². The molecule has 0 radical (unpaired) electrons. The van der Waals surface area contributed by atoms with Gasteiger partial charge in [-0.15, -0.1) is 0 Å². The van der Waals surface area contributed by atoms with Crippen molar-refractivity contribution < 1.29 is 12.8 Å². The summed E-state index contributed by atoms with van der Waals surface area (Å²) < 4.78 is 0. The monoisotopic (exact) mass is 165 g/mol. The fourth-order valence-electron chi connectivity index (χ4n) is 0.494. The molecule has 50 valence electrons. The van der Waals surface area contributed by atoms with Gasteiger partial charge in [-0.05, 0) is 12.1 Å². The predicted octanol–water partition coefficient (Wildman–Crippen LogP) is 0.624. The van der Waals surface area contributed by atoms with Crippen LogP contribution in [-0.4, -0.2) is 53.8 Å². The topological polar surface area (TPSA) is 50.2 Å². The van der Waals surface area contributed by atoms with Crippen molar-refractivity contribution in [3.8, 4) is 0 Å². The van der Waals surface area contributed by atoms with Crippen LogP contribution in [0.3, 0.4) is 0 Å². The van der Waals surface area contributed by atoms with E-state index in [9.17, 15) is 4.79 Å². The van der Waals surface area contributed by atoms with Crippen molar-refractivity contribution >= 4 is 43.7 Å². The minimum Gasteiger partial charge on any atom is -1.00 e. The number of carboxylic acid groups (broad SMARTS) is 1. The molecule has 0 spiro atoms. The Morgan fingerprint density at radius 1 is 1.50 bits per heavy atom. The normalized spacial score (nSPS) is 8.00. The summed E-state index contributed by atoms with van der Waals surface area (Å²) in [4.78, 5) is 13.8. The van der Waals surface area contributed by atoms with Crippen LogP contribution in [0.15, 0.2) is 24.5 Å². The summed E-state index contributed by atoms with van der Waals surface area (Å²) in [6.45, 7) is 0. The minimum atomic E-state index is -0.919. The van der Waals surface area contributed by atoms with Crippen LogP contribution < -0.4 is 0 Å². The average Bonchev–Trinajstić information content (AvgIpc) is 1.90. The quantitative estimate of drug-likeness (QED) is 0.621. The molecule has 0 saturated carbocycles. The van der Waals surface area contributed by atoms with E-state index in [1.807, 2.05) is 0 Å². The van der Waals surface area contributed by atoms with E-state index in [-0.39, 0.29) is 46.2 Å². The Morgan fingerprint density at radius 3 is 2.30 bits per heavy atom. The van der Waals surface area contributed by atoms with Gasteiger partial charge in [-0.25, -0.2) is 4.79 Å². The third-order valence-electron chi connectivity index (χ3n) is 0.927. The summed E-state index contributed by atoms with van der Waals surface area (Å²) >= 11 is 0. The number of hydrogen-bond acceptors (Lipinski definition) is 2. The third kappa shape index (κ3) is 2.64. The molecule has 0 aliphatic heterocycles. The van der Waals surface area contributed by atoms with Crippen LogP contribution in [0.4, 0.5) is 0 Å². The number of carbonyl (C=O) groups is 1. The molecule has 1 aromatic heterocycles. The average molecular weight is 165 g/mol. The van der Waals surface area contributed by atoms with Crippen LogP contribution in [-0.2, 0) is 0 Å². The SMILES string of the molecule is O=C(O)c1ccncc1.[Ca+2].[H-].[H-]. The van der Waals surface area contributed by atoms with Gasteiger partial charge in [0.25, 0.3) is 0 Å². The molecule has 0 aliphatic carbocycles. The van der Waals surface area contributed by atoms with Gasteiger partial charge in [0.2, 0.25) is 0 Å². The number of pyridine rings is 1. The molecule has 10 heavy (non-hydrogen) atoms. The third-order valence-corrected chi connectivity index (χ3v) is 0.927. The Labute approximate surface area is 91.1 Å². The zero-order chi connectivity index (χ0) is 6.69. The van der Waals surface area contributed by atoms with Gasteiger partial charge in [0, 0.05) is 12.4 Å². The largest absolute Gasteiger partial charge is 2.00 e. The number of aromatic carboxylic acids is 1. The van der Waals surface area contributed by atoms with Crippen molar-refractivity contribution in [1.29, 1.82) is 0 Å². The van der Waals surface area contributed by atoms with Gasteiger partial charge in [-0.3, -0.25) is 4.98 Å². The number of rotatable bonds is 1. The Bertz CT molecular complexity index is 220. The van der Waals surface area contributed by atoms with Gasteiger partial charge >= 0.3 is 43.7 Å². The van der Waals surface area contributed by atoms with E-state index in [1.165, 1.54) is 24.5 Å². The van der Waals surface area contributed by atoms with Gasteiger partial charge in [0.05, 0.1) is 5.56 Å². The van der Waals surface area contributed by atoms with Gasteiger partial charge in [0.1, 0.15) is 0 Å². The number of carboxylic acids is 1. The first-order valence-corrected chi connectivity index (χ1v) is 2.44. The molecule has 0 unspecified atom stereocenters. The Morgan fingerprint density at radius 2 is 2.00 bits per heavy atom. The number of nitrogens with zero attached hydrogens (tertiary/aromatic N) is 1. The Kier molecular flexibility index (Phi) is 4.60. The van der Waals surface area contributed by atoms with Crippen LogP contribution in [0.1, 0.15) is 13.2 Å². The first-order valence-electron chi connectivity index (χ1n) is 2.44. The van der Waals surface area contributed by atoms with Gasteiger partial charge in [-0.1, -0.05) is 0 Å². The molecule has 0 aromatic carbocycles. The second kappa shape index (κ2) is 4.66. The van der Waals surface area contributed by atoms with Gasteiger partial charge in [0.15, 0.2) is 0 Å². The van der Waals surface area contributed by atoms with Crippen molar-refractivity contribution in [3.63, 3.8) is 0 Å². The summed E-state index contributed by atoms with van der Waals surface area (Å²) in [7, 11) is 0. The zero-order valence-electron chi connectivity index (χ0n) is 7.32. The van der Waals surface area contributed by atoms with Crippen LogP contribution >= 0.6 is 0 Å². The predicted molar refractivity (Wildman–Crippen MR) is 39.2 cm³/mol. The van der Waals surface area contributed by atoms with Crippen molar-refractivity contribution in [2.45, 2.75) is 0 Å². The van der Waals surface area contributed by atoms with Gasteiger partial charge < -0.3 is 7.96 Å². The van der Waals surface area contributed by atoms with E-state index < -0.39 is 5.97 Å². The molecule has 0 bridgehead atoms. The molecule has 3 nitrogen and oxygen atoms in total.